The van der Waals surface area contributed by atoms with E-state index in [1.54, 1.807) is 23.9 Å². The lowest BCUT2D eigenvalue weighted by atomic mass is 10.2. The van der Waals surface area contributed by atoms with Crippen molar-refractivity contribution in [2.24, 2.45) is 0 Å². The molecule has 1 N–H and O–H groups in total. The molecule has 2 rings (SSSR count). The van der Waals surface area contributed by atoms with Crippen molar-refractivity contribution >= 4 is 23.4 Å². The average molecular weight is 323 g/mol. The van der Waals surface area contributed by atoms with Crippen LogP contribution in [0.5, 0.6) is 5.75 Å². The summed E-state index contributed by atoms with van der Waals surface area (Å²) in [5.74, 6) is 0.768. The third-order valence-electron chi connectivity index (χ3n) is 2.73. The van der Waals surface area contributed by atoms with Gasteiger partial charge in [-0.3, -0.25) is 4.79 Å². The van der Waals surface area contributed by atoms with Gasteiger partial charge in [-0.2, -0.15) is 8.78 Å². The number of alkyl halides is 2. The molecule has 6 heteroatoms. The number of rotatable bonds is 6. The Balaban J connectivity index is 1.88. The number of hydrogen-bond donors (Lipinski definition) is 1. The molecule has 3 nitrogen and oxygen atoms in total. The number of halogens is 2. The maximum atomic E-state index is 12.0. The Morgan fingerprint density at radius 1 is 1.14 bits per heavy atom. The van der Waals surface area contributed by atoms with E-state index in [0.717, 1.165) is 16.1 Å². The predicted octanol–water partition coefficient (Wildman–Crippen LogP) is 4.54. The van der Waals surface area contributed by atoms with Crippen LogP contribution in [0.25, 0.3) is 0 Å². The minimum absolute atomic E-state index is 0.105. The molecule has 0 unspecified atom stereocenters. The fourth-order valence-corrected chi connectivity index (χ4v) is 2.63. The van der Waals surface area contributed by atoms with Gasteiger partial charge in [-0.05, 0) is 42.0 Å². The van der Waals surface area contributed by atoms with Crippen LogP contribution in [0, 0.1) is 0 Å². The summed E-state index contributed by atoms with van der Waals surface area (Å²) in [5.41, 5.74) is 1.77. The van der Waals surface area contributed by atoms with Crippen LogP contribution in [-0.4, -0.2) is 12.5 Å². The molecule has 0 atom stereocenters. The lowest BCUT2D eigenvalue weighted by Gasteiger charge is -2.07. The van der Waals surface area contributed by atoms with Crippen LogP contribution in [0.15, 0.2) is 53.4 Å². The number of anilines is 1. The molecule has 0 radical (unpaired) electrons. The average Bonchev–Trinajstić information content (AvgIpc) is 2.47. The number of carbonyl (C=O) groups is 1. The summed E-state index contributed by atoms with van der Waals surface area (Å²) < 4.78 is 28.4. The van der Waals surface area contributed by atoms with Crippen LogP contribution >= 0.6 is 11.8 Å². The standard InChI is InChI=1S/C16H15F2NO2S/c1-11(20)19-13-4-8-15(9-5-13)22-10-12-2-6-14(7-3-12)21-16(17)18/h2-9,16H,10H2,1H3,(H,19,20). The molecule has 0 saturated heterocycles. The fraction of sp³-hybridized carbons (Fsp3) is 0.188. The van der Waals surface area contributed by atoms with E-state index in [0.29, 0.717) is 5.75 Å². The second kappa shape index (κ2) is 7.79. The number of nitrogens with one attached hydrogen (secondary N) is 1. The molecule has 0 aliphatic heterocycles. The maximum absolute atomic E-state index is 12.0. The Bertz CT molecular complexity index is 615. The Morgan fingerprint density at radius 2 is 1.77 bits per heavy atom. The number of amides is 1. The minimum atomic E-state index is -2.80. The van der Waals surface area contributed by atoms with Crippen molar-refractivity contribution in [3.05, 3.63) is 54.1 Å². The summed E-state index contributed by atoms with van der Waals surface area (Å²) in [5, 5.41) is 2.70. The van der Waals surface area contributed by atoms with Crippen molar-refractivity contribution in [2.75, 3.05) is 5.32 Å². The van der Waals surface area contributed by atoms with Crippen LogP contribution in [-0.2, 0) is 10.5 Å². The quantitative estimate of drug-likeness (QED) is 0.793. The molecular weight excluding hydrogens is 308 g/mol. The third kappa shape index (κ3) is 5.37. The van der Waals surface area contributed by atoms with Gasteiger partial charge >= 0.3 is 6.61 Å². The zero-order valence-corrected chi connectivity index (χ0v) is 12.7. The molecule has 2 aromatic rings. The van der Waals surface area contributed by atoms with Crippen molar-refractivity contribution in [3.63, 3.8) is 0 Å². The minimum Gasteiger partial charge on any atom is -0.435 e. The van der Waals surface area contributed by atoms with Crippen molar-refractivity contribution < 1.29 is 18.3 Å². The molecule has 2 aromatic carbocycles. The molecular formula is C16H15F2NO2S. The van der Waals surface area contributed by atoms with Crippen LogP contribution in [0.2, 0.25) is 0 Å². The SMILES string of the molecule is CC(=O)Nc1ccc(SCc2ccc(OC(F)F)cc2)cc1. The third-order valence-corrected chi connectivity index (χ3v) is 3.81. The second-order valence-corrected chi connectivity index (χ2v) is 5.57. The van der Waals surface area contributed by atoms with Crippen LogP contribution in [0.1, 0.15) is 12.5 Å². The van der Waals surface area contributed by atoms with Crippen molar-refractivity contribution in [3.8, 4) is 5.75 Å². The highest BCUT2D eigenvalue weighted by atomic mass is 32.2. The smallest absolute Gasteiger partial charge is 0.387 e. The summed E-state index contributed by atoms with van der Waals surface area (Å²) in [4.78, 5) is 12.0. The number of ether oxygens (including phenoxy) is 1. The Morgan fingerprint density at radius 3 is 2.32 bits per heavy atom. The maximum Gasteiger partial charge on any atom is 0.387 e. The molecule has 0 aromatic heterocycles. The monoisotopic (exact) mass is 323 g/mol. The van der Waals surface area contributed by atoms with Crippen molar-refractivity contribution in [2.45, 2.75) is 24.2 Å². The molecule has 0 heterocycles. The number of benzene rings is 2. The first kappa shape index (κ1) is 16.3. The van der Waals surface area contributed by atoms with Crippen LogP contribution < -0.4 is 10.1 Å². The van der Waals surface area contributed by atoms with Gasteiger partial charge in [0.25, 0.3) is 0 Å². The van der Waals surface area contributed by atoms with Gasteiger partial charge in [0.15, 0.2) is 0 Å². The first-order valence-electron chi connectivity index (χ1n) is 6.57. The Kier molecular flexibility index (Phi) is 5.77. The van der Waals surface area contributed by atoms with E-state index in [9.17, 15) is 13.6 Å². The van der Waals surface area contributed by atoms with Gasteiger partial charge in [-0.1, -0.05) is 12.1 Å². The van der Waals surface area contributed by atoms with E-state index in [-0.39, 0.29) is 11.7 Å². The van der Waals surface area contributed by atoms with Crippen LogP contribution in [0.4, 0.5) is 14.5 Å². The molecule has 1 amide bonds. The largest absolute Gasteiger partial charge is 0.435 e. The van der Waals surface area contributed by atoms with Gasteiger partial charge in [-0.25, -0.2) is 0 Å². The highest BCUT2D eigenvalue weighted by Crippen LogP contribution is 2.25. The van der Waals surface area contributed by atoms with E-state index >= 15 is 0 Å². The summed E-state index contributed by atoms with van der Waals surface area (Å²) in [6, 6.07) is 14.1. The van der Waals surface area contributed by atoms with Crippen LogP contribution in [0.3, 0.4) is 0 Å². The first-order chi connectivity index (χ1) is 10.5. The second-order valence-electron chi connectivity index (χ2n) is 4.52. The lowest BCUT2D eigenvalue weighted by Crippen LogP contribution is -2.05. The molecule has 0 bridgehead atoms. The predicted molar refractivity (Wildman–Crippen MR) is 83.4 cm³/mol. The van der Waals surface area contributed by atoms with Gasteiger partial charge in [0.1, 0.15) is 5.75 Å². The van der Waals surface area contributed by atoms with Gasteiger partial charge < -0.3 is 10.1 Å². The molecule has 0 spiro atoms. The summed E-state index contributed by atoms with van der Waals surface area (Å²) in [7, 11) is 0. The number of thioether (sulfide) groups is 1. The molecule has 116 valence electrons. The van der Waals surface area contributed by atoms with Gasteiger partial charge in [0, 0.05) is 23.3 Å². The van der Waals surface area contributed by atoms with E-state index in [1.807, 2.05) is 24.3 Å². The lowest BCUT2D eigenvalue weighted by molar-refractivity contribution is -0.114. The summed E-state index contributed by atoms with van der Waals surface area (Å²) >= 11 is 1.62. The summed E-state index contributed by atoms with van der Waals surface area (Å²) in [6.45, 7) is -1.34. The topological polar surface area (TPSA) is 38.3 Å². The van der Waals surface area contributed by atoms with E-state index in [4.69, 9.17) is 0 Å². The normalized spacial score (nSPS) is 10.5. The van der Waals surface area contributed by atoms with Gasteiger partial charge in [0.05, 0.1) is 0 Å². The highest BCUT2D eigenvalue weighted by molar-refractivity contribution is 7.98. The fourth-order valence-electron chi connectivity index (χ4n) is 1.77. The zero-order chi connectivity index (χ0) is 15.9. The highest BCUT2D eigenvalue weighted by Gasteiger charge is 2.04. The number of carbonyl (C=O) groups excluding carboxylic acids is 1. The van der Waals surface area contributed by atoms with E-state index < -0.39 is 6.61 Å². The van der Waals surface area contributed by atoms with E-state index in [1.165, 1.54) is 19.1 Å². The molecule has 0 fully saturated rings. The molecule has 0 aliphatic rings. The Labute approximate surface area is 131 Å². The molecule has 0 saturated carbocycles. The van der Waals surface area contributed by atoms with Gasteiger partial charge in [0.2, 0.25) is 5.91 Å². The number of hydrogen-bond acceptors (Lipinski definition) is 3. The molecule has 22 heavy (non-hydrogen) atoms. The zero-order valence-electron chi connectivity index (χ0n) is 11.9. The van der Waals surface area contributed by atoms with Gasteiger partial charge in [-0.15, -0.1) is 11.8 Å². The van der Waals surface area contributed by atoms with E-state index in [2.05, 4.69) is 10.1 Å². The first-order valence-corrected chi connectivity index (χ1v) is 7.56. The summed E-state index contributed by atoms with van der Waals surface area (Å²) in [6.07, 6.45) is 0. The van der Waals surface area contributed by atoms with Crippen molar-refractivity contribution in [1.29, 1.82) is 0 Å². The Hall–Kier alpha value is -2.08. The molecule has 0 aliphatic carbocycles. The van der Waals surface area contributed by atoms with Crippen molar-refractivity contribution in [1.82, 2.24) is 0 Å².